The summed E-state index contributed by atoms with van der Waals surface area (Å²) in [5.74, 6) is 0.661. The lowest BCUT2D eigenvalue weighted by Crippen LogP contribution is -2.42. The highest BCUT2D eigenvalue weighted by Crippen LogP contribution is 2.60. The molecule has 0 spiro atoms. The highest BCUT2D eigenvalue weighted by atomic mass is 16.5. The van der Waals surface area contributed by atoms with E-state index in [2.05, 4.69) is 26.0 Å². The number of ketones is 2. The summed E-state index contributed by atoms with van der Waals surface area (Å²) in [7, 11) is 0. The lowest BCUT2D eigenvalue weighted by Gasteiger charge is -2.36. The number of ether oxygens (including phenoxy) is 1. The molecule has 4 atom stereocenters. The van der Waals surface area contributed by atoms with Gasteiger partial charge in [0.05, 0.1) is 12.2 Å². The average Bonchev–Trinajstić information content (AvgIpc) is 3.13. The van der Waals surface area contributed by atoms with Gasteiger partial charge in [-0.25, -0.2) is 0 Å². The maximum Gasteiger partial charge on any atom is 0.171 e. The van der Waals surface area contributed by atoms with Crippen LogP contribution in [0.3, 0.4) is 0 Å². The predicted molar refractivity (Wildman–Crippen MR) is 97.1 cm³/mol. The molecular formula is C22H26O3. The zero-order valence-electron chi connectivity index (χ0n) is 15.1. The molecule has 1 aromatic rings. The molecule has 3 aliphatic carbocycles. The number of carbonyl (C=O) groups is 2. The molecule has 0 heterocycles. The zero-order valence-corrected chi connectivity index (χ0v) is 15.1. The minimum absolute atomic E-state index is 0.113. The third-order valence-electron chi connectivity index (χ3n) is 6.31. The van der Waals surface area contributed by atoms with Crippen molar-refractivity contribution in [3.05, 3.63) is 41.5 Å². The summed E-state index contributed by atoms with van der Waals surface area (Å²) in [4.78, 5) is 26.4. The van der Waals surface area contributed by atoms with Gasteiger partial charge in [0.2, 0.25) is 0 Å². The van der Waals surface area contributed by atoms with Crippen molar-refractivity contribution in [1.82, 2.24) is 0 Å². The molecular weight excluding hydrogens is 312 g/mol. The van der Waals surface area contributed by atoms with Crippen LogP contribution in [0.5, 0.6) is 5.75 Å². The van der Waals surface area contributed by atoms with Crippen LogP contribution in [-0.2, 0) is 0 Å². The molecule has 3 aliphatic rings. The SMILES string of the molecule is CCCCCCOc1cccc2c1C(=O)C1C3C=CC(C)(C3)C1C2=O. The van der Waals surface area contributed by atoms with Gasteiger partial charge in [0.1, 0.15) is 5.75 Å². The molecule has 3 nitrogen and oxygen atoms in total. The first-order valence-corrected chi connectivity index (χ1v) is 9.60. The van der Waals surface area contributed by atoms with Gasteiger partial charge in [-0.15, -0.1) is 0 Å². The zero-order chi connectivity index (χ0) is 17.6. The van der Waals surface area contributed by atoms with Crippen LogP contribution < -0.4 is 4.74 Å². The van der Waals surface area contributed by atoms with Crippen LogP contribution in [0.2, 0.25) is 0 Å². The number of allylic oxidation sites excluding steroid dienone is 2. The molecule has 0 saturated heterocycles. The minimum atomic E-state index is -0.195. The largest absolute Gasteiger partial charge is 0.493 e. The van der Waals surface area contributed by atoms with E-state index in [1.807, 2.05) is 12.1 Å². The van der Waals surface area contributed by atoms with Gasteiger partial charge in [0.25, 0.3) is 0 Å². The van der Waals surface area contributed by atoms with Gasteiger partial charge in [-0.1, -0.05) is 57.4 Å². The van der Waals surface area contributed by atoms with E-state index in [-0.39, 0.29) is 34.7 Å². The molecule has 1 saturated carbocycles. The minimum Gasteiger partial charge on any atom is -0.493 e. The first-order chi connectivity index (χ1) is 12.1. The number of hydrogen-bond donors (Lipinski definition) is 0. The van der Waals surface area contributed by atoms with Crippen molar-refractivity contribution in [2.75, 3.05) is 6.61 Å². The molecule has 1 fully saturated rings. The number of rotatable bonds is 6. The maximum atomic E-state index is 13.3. The number of fused-ring (bicyclic) bond motifs is 6. The number of benzene rings is 1. The molecule has 0 aromatic heterocycles. The van der Waals surface area contributed by atoms with Crippen molar-refractivity contribution in [2.24, 2.45) is 23.2 Å². The molecule has 0 N–H and O–H groups in total. The van der Waals surface area contributed by atoms with Gasteiger partial charge >= 0.3 is 0 Å². The number of carbonyl (C=O) groups excluding carboxylic acids is 2. The van der Waals surface area contributed by atoms with E-state index < -0.39 is 0 Å². The Kier molecular flexibility index (Phi) is 4.05. The fraction of sp³-hybridized carbons (Fsp3) is 0.545. The molecule has 1 aromatic carbocycles. The Balaban J connectivity index is 1.63. The van der Waals surface area contributed by atoms with E-state index in [1.165, 1.54) is 12.8 Å². The summed E-state index contributed by atoms with van der Waals surface area (Å²) >= 11 is 0. The Morgan fingerprint density at radius 1 is 1.16 bits per heavy atom. The maximum absolute atomic E-state index is 13.3. The highest BCUT2D eigenvalue weighted by molar-refractivity contribution is 6.18. The van der Waals surface area contributed by atoms with Crippen LogP contribution in [0.25, 0.3) is 0 Å². The summed E-state index contributed by atoms with van der Waals surface area (Å²) in [6.45, 7) is 4.91. The fourth-order valence-corrected chi connectivity index (χ4v) is 5.09. The van der Waals surface area contributed by atoms with Crippen LogP contribution in [0.1, 0.15) is 66.7 Å². The Bertz CT molecular complexity index is 748. The normalized spacial score (nSPS) is 32.0. The Morgan fingerprint density at radius 2 is 2.00 bits per heavy atom. The van der Waals surface area contributed by atoms with Crippen LogP contribution in [0, 0.1) is 23.2 Å². The first-order valence-electron chi connectivity index (χ1n) is 9.60. The van der Waals surface area contributed by atoms with Crippen LogP contribution >= 0.6 is 0 Å². The van der Waals surface area contributed by atoms with Gasteiger partial charge in [0.15, 0.2) is 11.6 Å². The lowest BCUT2D eigenvalue weighted by molar-refractivity contribution is 0.0672. The Morgan fingerprint density at radius 3 is 2.80 bits per heavy atom. The fourth-order valence-electron chi connectivity index (χ4n) is 5.09. The number of unbranched alkanes of at least 4 members (excludes halogenated alkanes) is 3. The van der Waals surface area contributed by atoms with E-state index in [1.54, 1.807) is 6.07 Å². The second-order valence-corrected chi connectivity index (χ2v) is 8.05. The van der Waals surface area contributed by atoms with Crippen molar-refractivity contribution >= 4 is 11.6 Å². The highest BCUT2D eigenvalue weighted by Gasteiger charge is 2.60. The van der Waals surface area contributed by atoms with E-state index in [9.17, 15) is 9.59 Å². The van der Waals surface area contributed by atoms with Gasteiger partial charge in [-0.05, 0) is 30.2 Å². The molecule has 3 heteroatoms. The van der Waals surface area contributed by atoms with E-state index in [4.69, 9.17) is 4.74 Å². The smallest absolute Gasteiger partial charge is 0.171 e. The molecule has 0 aliphatic heterocycles. The van der Waals surface area contributed by atoms with E-state index in [0.717, 1.165) is 19.3 Å². The van der Waals surface area contributed by atoms with Crippen LogP contribution in [0.15, 0.2) is 30.4 Å². The number of Topliss-reactive ketones (excluding diaryl/α,β-unsaturated/α-hetero) is 2. The summed E-state index contributed by atoms with van der Waals surface area (Å²) in [5.41, 5.74) is 0.949. The molecule has 0 radical (unpaired) electrons. The van der Waals surface area contributed by atoms with Crippen molar-refractivity contribution in [1.29, 1.82) is 0 Å². The molecule has 4 rings (SSSR count). The van der Waals surface area contributed by atoms with E-state index >= 15 is 0 Å². The summed E-state index contributed by atoms with van der Waals surface area (Å²) < 4.78 is 5.93. The quantitative estimate of drug-likeness (QED) is 0.550. The molecule has 4 unspecified atom stereocenters. The Hall–Kier alpha value is -1.90. The summed E-state index contributed by atoms with van der Waals surface area (Å²) in [6.07, 6.45) is 9.72. The Labute approximate surface area is 149 Å². The van der Waals surface area contributed by atoms with E-state index in [0.29, 0.717) is 23.5 Å². The summed E-state index contributed by atoms with van der Waals surface area (Å²) in [6, 6.07) is 5.49. The molecule has 0 amide bonds. The van der Waals surface area contributed by atoms with Gasteiger partial charge < -0.3 is 4.74 Å². The second-order valence-electron chi connectivity index (χ2n) is 8.05. The molecule has 2 bridgehead atoms. The van der Waals surface area contributed by atoms with Crippen LogP contribution in [0.4, 0.5) is 0 Å². The molecule has 25 heavy (non-hydrogen) atoms. The number of hydrogen-bond acceptors (Lipinski definition) is 3. The van der Waals surface area contributed by atoms with Crippen LogP contribution in [-0.4, -0.2) is 18.2 Å². The van der Waals surface area contributed by atoms with Gasteiger partial charge in [0, 0.05) is 17.4 Å². The second kappa shape index (κ2) is 6.12. The van der Waals surface area contributed by atoms with Gasteiger partial charge in [-0.2, -0.15) is 0 Å². The van der Waals surface area contributed by atoms with Gasteiger partial charge in [-0.3, -0.25) is 9.59 Å². The van der Waals surface area contributed by atoms with Crippen molar-refractivity contribution in [3.8, 4) is 5.75 Å². The third kappa shape index (κ3) is 2.47. The lowest BCUT2D eigenvalue weighted by atomic mass is 9.65. The average molecular weight is 338 g/mol. The monoisotopic (exact) mass is 338 g/mol. The van der Waals surface area contributed by atoms with Crippen molar-refractivity contribution in [2.45, 2.75) is 46.0 Å². The van der Waals surface area contributed by atoms with Crippen molar-refractivity contribution < 1.29 is 14.3 Å². The summed E-state index contributed by atoms with van der Waals surface area (Å²) in [5, 5.41) is 0. The third-order valence-corrected chi connectivity index (χ3v) is 6.31. The standard InChI is InChI=1S/C22H26O3/c1-3-4-5-6-12-25-16-9-7-8-15-18(16)21(24)17-14-10-11-22(2,13-14)19(17)20(15)23/h7-11,14,17,19H,3-6,12-13H2,1-2H3. The topological polar surface area (TPSA) is 43.4 Å². The predicted octanol–water partition coefficient (Wildman–Crippen LogP) is 4.85. The molecule has 132 valence electrons. The first kappa shape index (κ1) is 16.6. The van der Waals surface area contributed by atoms with Crippen molar-refractivity contribution in [3.63, 3.8) is 0 Å².